The van der Waals surface area contributed by atoms with Crippen LogP contribution in [0.2, 0.25) is 10.0 Å². The van der Waals surface area contributed by atoms with E-state index in [4.69, 9.17) is 23.2 Å². The van der Waals surface area contributed by atoms with Crippen molar-refractivity contribution >= 4 is 23.2 Å². The minimum absolute atomic E-state index is 0.118. The molecule has 1 aliphatic rings. The van der Waals surface area contributed by atoms with Crippen molar-refractivity contribution in [2.45, 2.75) is 45.1 Å². The van der Waals surface area contributed by atoms with Crippen LogP contribution in [-0.4, -0.2) is 11.5 Å². The van der Waals surface area contributed by atoms with Gasteiger partial charge in [0.05, 0.1) is 21.8 Å². The van der Waals surface area contributed by atoms with Crippen molar-refractivity contribution in [2.24, 2.45) is 0 Å². The number of halogens is 2. The Morgan fingerprint density at radius 1 is 1.32 bits per heavy atom. The van der Waals surface area contributed by atoms with Crippen LogP contribution < -0.4 is 5.32 Å². The Morgan fingerprint density at radius 2 is 2.16 bits per heavy atom. The average Bonchev–Trinajstić information content (AvgIpc) is 2.65. The maximum Gasteiger partial charge on any atom is 0.0802 e. The van der Waals surface area contributed by atoms with Crippen molar-refractivity contribution in [1.29, 1.82) is 0 Å². The van der Waals surface area contributed by atoms with Gasteiger partial charge in [0, 0.05) is 6.20 Å². The zero-order valence-corrected chi connectivity index (χ0v) is 12.8. The third-order valence-electron chi connectivity index (χ3n) is 3.46. The van der Waals surface area contributed by atoms with Crippen molar-refractivity contribution < 1.29 is 0 Å². The van der Waals surface area contributed by atoms with Crippen molar-refractivity contribution in [2.75, 3.05) is 6.54 Å². The summed E-state index contributed by atoms with van der Waals surface area (Å²) in [6, 6.07) is 1.89. The first kappa shape index (κ1) is 14.8. The molecule has 0 bridgehead atoms. The molecule has 1 aromatic heterocycles. The molecule has 0 aliphatic heterocycles. The van der Waals surface area contributed by atoms with Crippen LogP contribution in [0.25, 0.3) is 0 Å². The van der Waals surface area contributed by atoms with Gasteiger partial charge in [0.2, 0.25) is 0 Å². The summed E-state index contributed by atoms with van der Waals surface area (Å²) in [4.78, 5) is 4.44. The van der Waals surface area contributed by atoms with Gasteiger partial charge >= 0.3 is 0 Å². The van der Waals surface area contributed by atoms with E-state index in [2.05, 4.69) is 23.3 Å². The molecule has 1 aromatic rings. The van der Waals surface area contributed by atoms with Gasteiger partial charge in [0.1, 0.15) is 0 Å². The Labute approximate surface area is 125 Å². The summed E-state index contributed by atoms with van der Waals surface area (Å²) in [6.07, 6.45) is 10.1. The Hall–Kier alpha value is -0.570. The van der Waals surface area contributed by atoms with E-state index in [1.54, 1.807) is 12.3 Å². The first-order valence-electron chi connectivity index (χ1n) is 6.95. The molecule has 4 heteroatoms. The predicted molar refractivity (Wildman–Crippen MR) is 81.8 cm³/mol. The SMILES string of the molecule is CCNC(C1=CCCCCC1)c1ncc(Cl)cc1Cl. The number of allylic oxidation sites excluding steroid dienone is 1. The summed E-state index contributed by atoms with van der Waals surface area (Å²) in [7, 11) is 0. The topological polar surface area (TPSA) is 24.9 Å². The molecule has 0 spiro atoms. The Balaban J connectivity index is 2.30. The van der Waals surface area contributed by atoms with Gasteiger partial charge in [-0.3, -0.25) is 4.98 Å². The first-order valence-corrected chi connectivity index (χ1v) is 7.71. The van der Waals surface area contributed by atoms with E-state index in [0.29, 0.717) is 10.0 Å². The summed E-state index contributed by atoms with van der Waals surface area (Å²) in [6.45, 7) is 3.00. The summed E-state index contributed by atoms with van der Waals surface area (Å²) >= 11 is 12.2. The third-order valence-corrected chi connectivity index (χ3v) is 3.97. The largest absolute Gasteiger partial charge is 0.305 e. The van der Waals surface area contributed by atoms with E-state index in [9.17, 15) is 0 Å². The van der Waals surface area contributed by atoms with Gasteiger partial charge in [-0.2, -0.15) is 0 Å². The second-order valence-corrected chi connectivity index (χ2v) is 5.73. The molecule has 1 heterocycles. The van der Waals surface area contributed by atoms with Gasteiger partial charge in [-0.1, -0.05) is 48.2 Å². The Morgan fingerprint density at radius 3 is 2.89 bits per heavy atom. The number of hydrogen-bond acceptors (Lipinski definition) is 2. The lowest BCUT2D eigenvalue weighted by atomic mass is 9.98. The third kappa shape index (κ3) is 3.95. The Kier molecular flexibility index (Phi) is 5.68. The zero-order valence-electron chi connectivity index (χ0n) is 11.3. The van der Waals surface area contributed by atoms with Crippen LogP contribution in [-0.2, 0) is 0 Å². The lowest BCUT2D eigenvalue weighted by Gasteiger charge is -2.21. The first-order chi connectivity index (χ1) is 9.22. The number of pyridine rings is 1. The molecule has 104 valence electrons. The molecule has 1 atom stereocenters. The average molecular weight is 299 g/mol. The van der Waals surface area contributed by atoms with Gasteiger partial charge in [-0.15, -0.1) is 0 Å². The fourth-order valence-electron chi connectivity index (χ4n) is 2.55. The van der Waals surface area contributed by atoms with Crippen molar-refractivity contribution in [1.82, 2.24) is 10.3 Å². The monoisotopic (exact) mass is 298 g/mol. The lowest BCUT2D eigenvalue weighted by Crippen LogP contribution is -2.24. The smallest absolute Gasteiger partial charge is 0.0802 e. The van der Waals surface area contributed by atoms with Crippen molar-refractivity contribution in [3.05, 3.63) is 39.7 Å². The molecular formula is C15H20Cl2N2. The predicted octanol–water partition coefficient (Wildman–Crippen LogP) is 4.93. The maximum absolute atomic E-state index is 6.31. The number of aromatic nitrogens is 1. The number of nitrogens with one attached hydrogen (secondary N) is 1. The molecule has 0 radical (unpaired) electrons. The van der Waals surface area contributed by atoms with Crippen molar-refractivity contribution in [3.8, 4) is 0 Å². The van der Waals surface area contributed by atoms with Crippen LogP contribution in [0.5, 0.6) is 0 Å². The lowest BCUT2D eigenvalue weighted by molar-refractivity contribution is 0.577. The van der Waals surface area contributed by atoms with Crippen LogP contribution in [0.3, 0.4) is 0 Å². The molecule has 1 aliphatic carbocycles. The van der Waals surface area contributed by atoms with Crippen LogP contribution >= 0.6 is 23.2 Å². The van der Waals surface area contributed by atoms with Gasteiger partial charge in [-0.05, 0) is 38.3 Å². The number of rotatable bonds is 4. The highest BCUT2D eigenvalue weighted by atomic mass is 35.5. The number of nitrogens with zero attached hydrogens (tertiary/aromatic N) is 1. The van der Waals surface area contributed by atoms with E-state index in [-0.39, 0.29) is 6.04 Å². The zero-order chi connectivity index (χ0) is 13.7. The second-order valence-electron chi connectivity index (χ2n) is 4.89. The van der Waals surface area contributed by atoms with E-state index >= 15 is 0 Å². The fraction of sp³-hybridized carbons (Fsp3) is 0.533. The second kappa shape index (κ2) is 7.28. The molecule has 0 amide bonds. The number of hydrogen-bond donors (Lipinski definition) is 1. The molecule has 2 nitrogen and oxygen atoms in total. The number of likely N-dealkylation sites (N-methyl/N-ethyl adjacent to an activating group) is 1. The standard InChI is InChI=1S/C15H20Cl2N2/c1-2-18-14(11-7-5-3-4-6-8-11)15-13(17)9-12(16)10-19-15/h7,9-10,14,18H,2-6,8H2,1H3. The molecule has 2 rings (SSSR count). The van der Waals surface area contributed by atoms with E-state index in [0.717, 1.165) is 25.1 Å². The van der Waals surface area contributed by atoms with Gasteiger partial charge in [0.15, 0.2) is 0 Å². The van der Waals surface area contributed by atoms with E-state index in [1.807, 2.05) is 0 Å². The molecule has 0 saturated carbocycles. The summed E-state index contributed by atoms with van der Waals surface area (Å²) in [5.74, 6) is 0. The van der Waals surface area contributed by atoms with Crippen LogP contribution in [0, 0.1) is 0 Å². The quantitative estimate of drug-likeness (QED) is 0.797. The van der Waals surface area contributed by atoms with E-state index in [1.165, 1.54) is 24.8 Å². The highest BCUT2D eigenvalue weighted by Gasteiger charge is 2.20. The van der Waals surface area contributed by atoms with Crippen LogP contribution in [0.4, 0.5) is 0 Å². The van der Waals surface area contributed by atoms with Gasteiger partial charge < -0.3 is 5.32 Å². The molecular weight excluding hydrogens is 279 g/mol. The highest BCUT2D eigenvalue weighted by molar-refractivity contribution is 6.34. The molecule has 19 heavy (non-hydrogen) atoms. The summed E-state index contributed by atoms with van der Waals surface area (Å²) in [5, 5.41) is 4.72. The molecule has 1 unspecified atom stereocenters. The molecule has 1 N–H and O–H groups in total. The van der Waals surface area contributed by atoms with Crippen LogP contribution in [0.1, 0.15) is 50.8 Å². The summed E-state index contributed by atoms with van der Waals surface area (Å²) in [5.41, 5.74) is 2.30. The minimum atomic E-state index is 0.118. The maximum atomic E-state index is 6.31. The minimum Gasteiger partial charge on any atom is -0.305 e. The van der Waals surface area contributed by atoms with Crippen molar-refractivity contribution in [3.63, 3.8) is 0 Å². The molecule has 0 fully saturated rings. The summed E-state index contributed by atoms with van der Waals surface area (Å²) < 4.78 is 0. The normalized spacial score (nSPS) is 17.7. The van der Waals surface area contributed by atoms with E-state index < -0.39 is 0 Å². The Bertz CT molecular complexity index is 457. The molecule has 0 saturated heterocycles. The van der Waals surface area contributed by atoms with Gasteiger partial charge in [0.25, 0.3) is 0 Å². The molecule has 0 aromatic carbocycles. The van der Waals surface area contributed by atoms with Crippen LogP contribution in [0.15, 0.2) is 23.9 Å². The van der Waals surface area contributed by atoms with Gasteiger partial charge in [-0.25, -0.2) is 0 Å². The fourth-order valence-corrected chi connectivity index (χ4v) is 3.04. The highest BCUT2D eigenvalue weighted by Crippen LogP contribution is 2.32.